The quantitative estimate of drug-likeness (QED) is 0.357. The first-order valence-corrected chi connectivity index (χ1v) is 3.36. The Morgan fingerprint density at radius 2 is 2.00 bits per heavy atom. The summed E-state index contributed by atoms with van der Waals surface area (Å²) in [6.07, 6.45) is 4.49. The van der Waals surface area contributed by atoms with E-state index in [9.17, 15) is 4.91 Å². The van der Waals surface area contributed by atoms with E-state index in [1.807, 2.05) is 0 Å². The van der Waals surface area contributed by atoms with Crippen LogP contribution in [0.25, 0.3) is 0 Å². The molecule has 0 radical (unpaired) electrons. The van der Waals surface area contributed by atoms with Gasteiger partial charge in [-0.15, -0.1) is 4.91 Å². The van der Waals surface area contributed by atoms with Gasteiger partial charge < -0.3 is 11.0 Å². The van der Waals surface area contributed by atoms with Gasteiger partial charge in [0.2, 0.25) is 0 Å². The molecule has 0 aliphatic heterocycles. The van der Waals surface area contributed by atoms with Gasteiger partial charge in [-0.25, -0.2) is 0 Å². The average Bonchev–Trinajstić information content (AvgIpc) is 1.89. The van der Waals surface area contributed by atoms with E-state index in [4.69, 9.17) is 0 Å². The smallest absolute Gasteiger partial charge is 0.155 e. The van der Waals surface area contributed by atoms with Crippen LogP contribution < -0.4 is 6.15 Å². The zero-order valence-electron chi connectivity index (χ0n) is 6.51. The van der Waals surface area contributed by atoms with Gasteiger partial charge in [-0.3, -0.25) is 0 Å². The molecule has 0 saturated carbocycles. The lowest BCUT2D eigenvalue weighted by molar-refractivity contribution is 0.135. The first-order valence-electron chi connectivity index (χ1n) is 3.36. The van der Waals surface area contributed by atoms with E-state index in [1.165, 1.54) is 12.8 Å². The van der Waals surface area contributed by atoms with Crippen LogP contribution in [0.15, 0.2) is 5.34 Å². The van der Waals surface area contributed by atoms with E-state index in [2.05, 4.69) is 17.1 Å². The SMILES string of the molecule is CCCCCCON=O.N. The molecule has 0 fully saturated rings. The van der Waals surface area contributed by atoms with E-state index >= 15 is 0 Å². The molecular weight excluding hydrogens is 132 g/mol. The number of hydrogen-bond donors (Lipinski definition) is 1. The van der Waals surface area contributed by atoms with Gasteiger partial charge in [0.15, 0.2) is 5.34 Å². The standard InChI is InChI=1S/C6H13NO2.H3N/c1-2-3-4-5-6-9-7-8;/h2-6H2,1H3;1H3. The molecule has 0 aromatic carbocycles. The zero-order chi connectivity index (χ0) is 6.95. The molecular formula is C6H16N2O2. The molecule has 0 saturated heterocycles. The fourth-order valence-electron chi connectivity index (χ4n) is 0.631. The van der Waals surface area contributed by atoms with E-state index in [0.717, 1.165) is 12.8 Å². The monoisotopic (exact) mass is 148 g/mol. The molecule has 0 aliphatic carbocycles. The van der Waals surface area contributed by atoms with Crippen LogP contribution in [0, 0.1) is 4.91 Å². The minimum Gasteiger partial charge on any atom is -0.364 e. The van der Waals surface area contributed by atoms with Crippen LogP contribution in [0.2, 0.25) is 0 Å². The Labute approximate surface area is 61.5 Å². The molecule has 0 heterocycles. The van der Waals surface area contributed by atoms with Crippen molar-refractivity contribution in [3.05, 3.63) is 4.91 Å². The second-order valence-corrected chi connectivity index (χ2v) is 1.97. The van der Waals surface area contributed by atoms with Crippen molar-refractivity contribution < 1.29 is 4.84 Å². The summed E-state index contributed by atoms with van der Waals surface area (Å²) in [5, 5.41) is 2.28. The Balaban J connectivity index is 0. The van der Waals surface area contributed by atoms with E-state index < -0.39 is 0 Å². The molecule has 10 heavy (non-hydrogen) atoms. The van der Waals surface area contributed by atoms with Gasteiger partial charge in [0.25, 0.3) is 0 Å². The first kappa shape index (κ1) is 12.1. The van der Waals surface area contributed by atoms with Crippen molar-refractivity contribution in [1.29, 1.82) is 0 Å². The summed E-state index contributed by atoms with van der Waals surface area (Å²) in [6.45, 7) is 2.61. The predicted molar refractivity (Wildman–Crippen MR) is 40.9 cm³/mol. The molecule has 0 rings (SSSR count). The first-order chi connectivity index (χ1) is 4.41. The van der Waals surface area contributed by atoms with E-state index in [-0.39, 0.29) is 6.15 Å². The normalized spacial score (nSPS) is 8.10. The molecule has 3 N–H and O–H groups in total. The van der Waals surface area contributed by atoms with Crippen molar-refractivity contribution in [3.8, 4) is 0 Å². The fraction of sp³-hybridized carbons (Fsp3) is 1.00. The lowest BCUT2D eigenvalue weighted by Crippen LogP contribution is -1.85. The Hall–Kier alpha value is -0.640. The summed E-state index contributed by atoms with van der Waals surface area (Å²) in [4.78, 5) is 13.6. The summed E-state index contributed by atoms with van der Waals surface area (Å²) in [6, 6.07) is 0. The molecule has 0 aromatic heterocycles. The van der Waals surface area contributed by atoms with Gasteiger partial charge in [-0.1, -0.05) is 19.8 Å². The Bertz CT molecular complexity index is 68.8. The summed E-state index contributed by atoms with van der Waals surface area (Å²) < 4.78 is 0. The minimum atomic E-state index is 0. The average molecular weight is 148 g/mol. The Morgan fingerprint density at radius 3 is 2.50 bits per heavy atom. The Kier molecular flexibility index (Phi) is 13.5. The molecule has 0 spiro atoms. The topological polar surface area (TPSA) is 73.7 Å². The van der Waals surface area contributed by atoms with Gasteiger partial charge in [0.05, 0.1) is 0 Å². The maximum absolute atomic E-state index is 9.37. The number of hydrogen-bond acceptors (Lipinski definition) is 4. The Morgan fingerprint density at radius 1 is 1.30 bits per heavy atom. The van der Waals surface area contributed by atoms with Crippen LogP contribution in [0.4, 0.5) is 0 Å². The highest BCUT2D eigenvalue weighted by atomic mass is 16.7. The molecule has 62 valence electrons. The predicted octanol–water partition coefficient (Wildman–Crippen LogP) is 2.43. The van der Waals surface area contributed by atoms with Crippen LogP contribution in [0.5, 0.6) is 0 Å². The van der Waals surface area contributed by atoms with Gasteiger partial charge in [-0.05, 0) is 12.8 Å². The molecule has 0 aromatic rings. The second-order valence-electron chi connectivity index (χ2n) is 1.97. The molecule has 0 atom stereocenters. The van der Waals surface area contributed by atoms with Crippen LogP contribution in [0.3, 0.4) is 0 Å². The third-order valence-corrected chi connectivity index (χ3v) is 1.14. The number of unbranched alkanes of at least 4 members (excludes halogenated alkanes) is 3. The fourth-order valence-corrected chi connectivity index (χ4v) is 0.631. The highest BCUT2D eigenvalue weighted by Crippen LogP contribution is 1.98. The summed E-state index contributed by atoms with van der Waals surface area (Å²) in [7, 11) is 0. The summed E-state index contributed by atoms with van der Waals surface area (Å²) in [5.41, 5.74) is 0. The van der Waals surface area contributed by atoms with Gasteiger partial charge in [0, 0.05) is 0 Å². The molecule has 0 aliphatic rings. The van der Waals surface area contributed by atoms with Gasteiger partial charge in [0.1, 0.15) is 6.61 Å². The van der Waals surface area contributed by atoms with Crippen molar-refractivity contribution in [2.45, 2.75) is 32.6 Å². The van der Waals surface area contributed by atoms with Crippen molar-refractivity contribution in [3.63, 3.8) is 0 Å². The lowest BCUT2D eigenvalue weighted by Gasteiger charge is -1.94. The van der Waals surface area contributed by atoms with Crippen molar-refractivity contribution in [1.82, 2.24) is 6.15 Å². The molecule has 0 unspecified atom stereocenters. The van der Waals surface area contributed by atoms with E-state index in [0.29, 0.717) is 6.61 Å². The number of nitrogens with zero attached hydrogens (tertiary/aromatic N) is 1. The van der Waals surface area contributed by atoms with Gasteiger partial charge in [-0.2, -0.15) is 0 Å². The maximum Gasteiger partial charge on any atom is 0.155 e. The highest BCUT2D eigenvalue weighted by molar-refractivity contribution is 4.37. The largest absolute Gasteiger partial charge is 0.364 e. The minimum absolute atomic E-state index is 0. The molecule has 4 heteroatoms. The third kappa shape index (κ3) is 10.4. The van der Waals surface area contributed by atoms with Crippen LogP contribution >= 0.6 is 0 Å². The van der Waals surface area contributed by atoms with Crippen LogP contribution in [-0.2, 0) is 4.84 Å². The maximum atomic E-state index is 9.37. The second kappa shape index (κ2) is 11.2. The summed E-state index contributed by atoms with van der Waals surface area (Å²) >= 11 is 0. The molecule has 0 bridgehead atoms. The lowest BCUT2D eigenvalue weighted by atomic mass is 10.2. The highest BCUT2D eigenvalue weighted by Gasteiger charge is 1.86. The summed E-state index contributed by atoms with van der Waals surface area (Å²) in [5.74, 6) is 0. The van der Waals surface area contributed by atoms with Crippen molar-refractivity contribution >= 4 is 0 Å². The van der Waals surface area contributed by atoms with Crippen LogP contribution in [-0.4, -0.2) is 6.61 Å². The molecule has 4 nitrogen and oxygen atoms in total. The molecule has 0 amide bonds. The number of rotatable bonds is 6. The van der Waals surface area contributed by atoms with Crippen molar-refractivity contribution in [2.24, 2.45) is 5.34 Å². The third-order valence-electron chi connectivity index (χ3n) is 1.14. The van der Waals surface area contributed by atoms with E-state index in [1.54, 1.807) is 0 Å². The van der Waals surface area contributed by atoms with Crippen molar-refractivity contribution in [2.75, 3.05) is 6.61 Å². The van der Waals surface area contributed by atoms with Gasteiger partial charge >= 0.3 is 0 Å². The zero-order valence-corrected chi connectivity index (χ0v) is 6.51. The van der Waals surface area contributed by atoms with Crippen LogP contribution in [0.1, 0.15) is 32.6 Å².